The molecule has 0 fully saturated rings. The fourth-order valence-electron chi connectivity index (χ4n) is 1.67. The van der Waals surface area contributed by atoms with E-state index in [9.17, 15) is 8.42 Å². The highest BCUT2D eigenvalue weighted by Crippen LogP contribution is 2.16. The Labute approximate surface area is 132 Å². The first-order chi connectivity index (χ1) is 9.97. The molecular formula is C14H15BrN2O3S. The van der Waals surface area contributed by atoms with Crippen molar-refractivity contribution in [1.29, 1.82) is 0 Å². The lowest BCUT2D eigenvalue weighted by atomic mass is 10.3. The van der Waals surface area contributed by atoms with Crippen molar-refractivity contribution in [3.63, 3.8) is 0 Å². The molecule has 0 amide bonds. The highest BCUT2D eigenvalue weighted by molar-refractivity contribution is 9.10. The molecule has 0 heterocycles. The maximum atomic E-state index is 12.0. The van der Waals surface area contributed by atoms with Crippen molar-refractivity contribution >= 4 is 31.6 Å². The fraction of sp³-hybridized carbons (Fsp3) is 0.143. The Kier molecular flexibility index (Phi) is 5.22. The van der Waals surface area contributed by atoms with Gasteiger partial charge in [-0.15, -0.1) is 0 Å². The van der Waals surface area contributed by atoms with Gasteiger partial charge in [-0.25, -0.2) is 13.1 Å². The molecule has 0 bridgehead atoms. The van der Waals surface area contributed by atoms with Gasteiger partial charge in [0.25, 0.3) is 0 Å². The summed E-state index contributed by atoms with van der Waals surface area (Å²) in [6.07, 6.45) is 0. The van der Waals surface area contributed by atoms with Crippen LogP contribution in [0, 0.1) is 0 Å². The minimum atomic E-state index is -3.53. The molecule has 0 aliphatic rings. The molecule has 5 nitrogen and oxygen atoms in total. The Bertz CT molecular complexity index is 720. The Morgan fingerprint density at radius 2 is 1.90 bits per heavy atom. The standard InChI is InChI=1S/C14H15BrN2O3S/c15-11-3-1-6-14(9-11)21(18,19)17-7-8-20-13-5-2-4-12(16)10-13/h1-6,9-10,17H,7-8,16H2. The monoisotopic (exact) mass is 370 g/mol. The van der Waals surface area contributed by atoms with Crippen molar-refractivity contribution in [2.75, 3.05) is 18.9 Å². The summed E-state index contributed by atoms with van der Waals surface area (Å²) in [5, 5.41) is 0. The summed E-state index contributed by atoms with van der Waals surface area (Å²) in [6.45, 7) is 0.389. The van der Waals surface area contributed by atoms with Crippen LogP contribution >= 0.6 is 15.9 Å². The van der Waals surface area contributed by atoms with Crippen molar-refractivity contribution in [3.8, 4) is 5.75 Å². The van der Waals surface area contributed by atoms with Gasteiger partial charge in [0.1, 0.15) is 12.4 Å². The first kappa shape index (κ1) is 15.8. The fourth-order valence-corrected chi connectivity index (χ4v) is 3.28. The van der Waals surface area contributed by atoms with E-state index in [1.54, 1.807) is 42.5 Å². The lowest BCUT2D eigenvalue weighted by Crippen LogP contribution is -2.28. The average molecular weight is 371 g/mol. The minimum absolute atomic E-state index is 0.170. The highest BCUT2D eigenvalue weighted by atomic mass is 79.9. The van der Waals surface area contributed by atoms with E-state index in [1.165, 1.54) is 6.07 Å². The molecule has 21 heavy (non-hydrogen) atoms. The number of nitrogens with one attached hydrogen (secondary N) is 1. The van der Waals surface area contributed by atoms with Crippen molar-refractivity contribution in [2.24, 2.45) is 0 Å². The van der Waals surface area contributed by atoms with Crippen LogP contribution < -0.4 is 15.2 Å². The van der Waals surface area contributed by atoms with Crippen LogP contribution in [0.2, 0.25) is 0 Å². The van der Waals surface area contributed by atoms with Gasteiger partial charge in [0.05, 0.1) is 4.90 Å². The second kappa shape index (κ2) is 6.93. The molecule has 0 saturated heterocycles. The van der Waals surface area contributed by atoms with E-state index < -0.39 is 10.0 Å². The normalized spacial score (nSPS) is 11.3. The van der Waals surface area contributed by atoms with Crippen LogP contribution in [0.5, 0.6) is 5.75 Å². The van der Waals surface area contributed by atoms with Crippen LogP contribution in [0.3, 0.4) is 0 Å². The molecule has 2 aromatic carbocycles. The second-order valence-corrected chi connectivity index (χ2v) is 6.96. The number of sulfonamides is 1. The molecular weight excluding hydrogens is 356 g/mol. The SMILES string of the molecule is Nc1cccc(OCCNS(=O)(=O)c2cccc(Br)c2)c1. The highest BCUT2D eigenvalue weighted by Gasteiger charge is 2.13. The molecule has 2 aromatic rings. The predicted molar refractivity (Wildman–Crippen MR) is 85.7 cm³/mol. The average Bonchev–Trinajstić information content (AvgIpc) is 2.44. The minimum Gasteiger partial charge on any atom is -0.492 e. The third-order valence-corrected chi connectivity index (χ3v) is 4.58. The number of hydrogen-bond donors (Lipinski definition) is 2. The van der Waals surface area contributed by atoms with Gasteiger partial charge < -0.3 is 10.5 Å². The number of halogens is 1. The lowest BCUT2D eigenvalue weighted by molar-refractivity contribution is 0.323. The van der Waals surface area contributed by atoms with Crippen molar-refractivity contribution < 1.29 is 13.2 Å². The second-order valence-electron chi connectivity index (χ2n) is 4.28. The molecule has 112 valence electrons. The number of anilines is 1. The summed E-state index contributed by atoms with van der Waals surface area (Å²) >= 11 is 3.25. The smallest absolute Gasteiger partial charge is 0.240 e. The van der Waals surface area contributed by atoms with E-state index in [2.05, 4.69) is 20.7 Å². The Hall–Kier alpha value is -1.57. The molecule has 0 unspecified atom stereocenters. The Balaban J connectivity index is 1.88. The van der Waals surface area contributed by atoms with Crippen LogP contribution in [-0.2, 0) is 10.0 Å². The molecule has 0 aliphatic heterocycles. The summed E-state index contributed by atoms with van der Waals surface area (Å²) in [5.74, 6) is 0.608. The molecule has 0 atom stereocenters. The molecule has 0 saturated carbocycles. The summed E-state index contributed by atoms with van der Waals surface area (Å²) in [6, 6.07) is 13.5. The van der Waals surface area contributed by atoms with Crippen LogP contribution in [0.1, 0.15) is 0 Å². The third kappa shape index (κ3) is 4.73. The van der Waals surface area contributed by atoms with Gasteiger partial charge in [0.15, 0.2) is 0 Å². The zero-order valence-corrected chi connectivity index (χ0v) is 13.5. The molecule has 2 rings (SSSR count). The Morgan fingerprint density at radius 1 is 1.14 bits per heavy atom. The summed E-state index contributed by atoms with van der Waals surface area (Å²) in [7, 11) is -3.53. The topological polar surface area (TPSA) is 81.4 Å². The largest absolute Gasteiger partial charge is 0.492 e. The van der Waals surface area contributed by atoms with Crippen molar-refractivity contribution in [2.45, 2.75) is 4.90 Å². The molecule has 0 aromatic heterocycles. The summed E-state index contributed by atoms with van der Waals surface area (Å²) in [4.78, 5) is 0.209. The van der Waals surface area contributed by atoms with Crippen LogP contribution in [0.25, 0.3) is 0 Å². The third-order valence-electron chi connectivity index (χ3n) is 2.63. The zero-order valence-electron chi connectivity index (χ0n) is 11.1. The van der Waals surface area contributed by atoms with Gasteiger partial charge in [0.2, 0.25) is 10.0 Å². The first-order valence-corrected chi connectivity index (χ1v) is 8.48. The first-order valence-electron chi connectivity index (χ1n) is 6.21. The summed E-state index contributed by atoms with van der Waals surface area (Å²) < 4.78 is 32.7. The number of nitrogens with two attached hydrogens (primary N) is 1. The molecule has 0 aliphatic carbocycles. The van der Waals surface area contributed by atoms with E-state index in [4.69, 9.17) is 10.5 Å². The quantitative estimate of drug-likeness (QED) is 0.604. The number of nitrogen functional groups attached to an aromatic ring is 1. The van der Waals surface area contributed by atoms with Crippen LogP contribution in [0.4, 0.5) is 5.69 Å². The van der Waals surface area contributed by atoms with Gasteiger partial charge in [0, 0.05) is 22.8 Å². The lowest BCUT2D eigenvalue weighted by Gasteiger charge is -2.09. The number of benzene rings is 2. The van der Waals surface area contributed by atoms with E-state index >= 15 is 0 Å². The van der Waals surface area contributed by atoms with Crippen molar-refractivity contribution in [1.82, 2.24) is 4.72 Å². The Morgan fingerprint density at radius 3 is 2.62 bits per heavy atom. The molecule has 7 heteroatoms. The number of hydrogen-bond acceptors (Lipinski definition) is 4. The van der Waals surface area contributed by atoms with Gasteiger partial charge in [-0.1, -0.05) is 28.1 Å². The van der Waals surface area contributed by atoms with Crippen LogP contribution in [-0.4, -0.2) is 21.6 Å². The van der Waals surface area contributed by atoms with Gasteiger partial charge in [-0.3, -0.25) is 0 Å². The van der Waals surface area contributed by atoms with E-state index in [0.717, 1.165) is 0 Å². The van der Waals surface area contributed by atoms with Crippen LogP contribution in [0.15, 0.2) is 57.9 Å². The van der Waals surface area contributed by atoms with E-state index in [-0.39, 0.29) is 18.0 Å². The van der Waals surface area contributed by atoms with Gasteiger partial charge >= 0.3 is 0 Å². The van der Waals surface area contributed by atoms with Gasteiger partial charge in [-0.05, 0) is 30.3 Å². The summed E-state index contributed by atoms with van der Waals surface area (Å²) in [5.41, 5.74) is 6.23. The maximum absolute atomic E-state index is 12.0. The van der Waals surface area contributed by atoms with Crippen molar-refractivity contribution in [3.05, 3.63) is 53.0 Å². The van der Waals surface area contributed by atoms with Gasteiger partial charge in [-0.2, -0.15) is 0 Å². The zero-order chi connectivity index (χ0) is 15.3. The maximum Gasteiger partial charge on any atom is 0.240 e. The number of ether oxygens (including phenoxy) is 1. The molecule has 3 N–H and O–H groups in total. The predicted octanol–water partition coefficient (Wildman–Crippen LogP) is 2.39. The number of rotatable bonds is 6. The van der Waals surface area contributed by atoms with E-state index in [1.807, 2.05) is 0 Å². The molecule has 0 spiro atoms. The molecule has 0 radical (unpaired) electrons. The van der Waals surface area contributed by atoms with E-state index in [0.29, 0.717) is 15.9 Å².